The summed E-state index contributed by atoms with van der Waals surface area (Å²) in [5.41, 5.74) is 1.28. The molecule has 0 radical (unpaired) electrons. The minimum atomic E-state index is -3.69. The smallest absolute Gasteiger partial charge is 0.338 e. The highest BCUT2D eigenvalue weighted by Gasteiger charge is 2.18. The number of hydrogen-bond acceptors (Lipinski definition) is 8. The van der Waals surface area contributed by atoms with E-state index in [9.17, 15) is 13.2 Å². The Morgan fingerprint density at radius 2 is 1.70 bits per heavy atom. The zero-order valence-electron chi connectivity index (χ0n) is 16.2. The van der Waals surface area contributed by atoms with E-state index in [1.165, 1.54) is 17.2 Å². The Morgan fingerprint density at radius 1 is 1.03 bits per heavy atom. The molecular formula is C20H21N3O6S. The highest BCUT2D eigenvalue weighted by molar-refractivity contribution is 7.86. The molecule has 9 nitrogen and oxygen atoms in total. The van der Waals surface area contributed by atoms with E-state index in [-0.39, 0.29) is 19.8 Å². The summed E-state index contributed by atoms with van der Waals surface area (Å²) in [6.07, 6.45) is 3.11. The monoisotopic (exact) mass is 431 g/mol. The lowest BCUT2D eigenvalue weighted by molar-refractivity contribution is 0.0472. The third-order valence-corrected chi connectivity index (χ3v) is 4.50. The lowest BCUT2D eigenvalue weighted by atomic mass is 10.2. The topological polar surface area (TPSA) is 110 Å². The number of carbonyl (C=O) groups is 1. The van der Waals surface area contributed by atoms with Crippen LogP contribution in [-0.2, 0) is 32.2 Å². The third kappa shape index (κ3) is 6.98. The van der Waals surface area contributed by atoms with Gasteiger partial charge in [0, 0.05) is 0 Å². The molecule has 10 heteroatoms. The highest BCUT2D eigenvalue weighted by Crippen LogP contribution is 2.15. The average molecular weight is 431 g/mol. The van der Waals surface area contributed by atoms with E-state index in [1.54, 1.807) is 24.3 Å². The van der Waals surface area contributed by atoms with Crippen LogP contribution in [0.1, 0.15) is 15.9 Å². The molecule has 0 bridgehead atoms. The summed E-state index contributed by atoms with van der Waals surface area (Å²) in [6, 6.07) is 15.7. The third-order valence-electron chi connectivity index (χ3n) is 3.88. The van der Waals surface area contributed by atoms with Crippen LogP contribution in [0.5, 0.6) is 5.75 Å². The van der Waals surface area contributed by atoms with Crippen LogP contribution in [0.15, 0.2) is 67.0 Å². The minimum absolute atomic E-state index is 0.0492. The summed E-state index contributed by atoms with van der Waals surface area (Å²) in [5, 5.41) is 7.87. The zero-order valence-corrected chi connectivity index (χ0v) is 17.1. The number of carbonyl (C=O) groups excluding carboxylic acids is 1. The molecule has 158 valence electrons. The van der Waals surface area contributed by atoms with Crippen LogP contribution in [0.4, 0.5) is 0 Å². The van der Waals surface area contributed by atoms with Gasteiger partial charge in [-0.15, -0.1) is 0 Å². The molecule has 0 saturated heterocycles. The molecule has 0 N–H and O–H groups in total. The molecule has 0 spiro atoms. The fraction of sp³-hybridized carbons (Fsp3) is 0.250. The Morgan fingerprint density at radius 3 is 2.33 bits per heavy atom. The maximum absolute atomic E-state index is 12.2. The second kappa shape index (κ2) is 9.99. The van der Waals surface area contributed by atoms with Crippen LogP contribution in [0.2, 0.25) is 0 Å². The maximum Gasteiger partial charge on any atom is 0.338 e. The SMILES string of the molecule is CS(=O)(=O)OC(COc1ccc(C(=O)OCc2ccccc2)cc1)Cn1nccn1. The van der Waals surface area contributed by atoms with Crippen molar-refractivity contribution in [3.63, 3.8) is 0 Å². The second-order valence-electron chi connectivity index (χ2n) is 6.40. The Balaban J connectivity index is 1.54. The lowest BCUT2D eigenvalue weighted by Gasteiger charge is -2.16. The molecule has 0 aliphatic carbocycles. The first kappa shape index (κ1) is 21.5. The number of ether oxygens (including phenoxy) is 2. The van der Waals surface area contributed by atoms with Crippen molar-refractivity contribution in [1.29, 1.82) is 0 Å². The summed E-state index contributed by atoms with van der Waals surface area (Å²) < 4.78 is 38.9. The Hall–Kier alpha value is -3.24. The van der Waals surface area contributed by atoms with Gasteiger partial charge in [-0.1, -0.05) is 30.3 Å². The number of hydrogen-bond donors (Lipinski definition) is 0. The fourth-order valence-electron chi connectivity index (χ4n) is 2.56. The van der Waals surface area contributed by atoms with Crippen molar-refractivity contribution in [1.82, 2.24) is 15.0 Å². The van der Waals surface area contributed by atoms with E-state index >= 15 is 0 Å². The summed E-state index contributed by atoms with van der Waals surface area (Å²) in [7, 11) is -3.69. The van der Waals surface area contributed by atoms with Crippen molar-refractivity contribution in [3.8, 4) is 5.75 Å². The van der Waals surface area contributed by atoms with Crippen molar-refractivity contribution in [2.75, 3.05) is 12.9 Å². The summed E-state index contributed by atoms with van der Waals surface area (Å²) in [6.45, 7) is 0.236. The predicted octanol–water partition coefficient (Wildman–Crippen LogP) is 2.06. The molecule has 0 aliphatic rings. The van der Waals surface area contributed by atoms with E-state index in [1.807, 2.05) is 30.3 Å². The van der Waals surface area contributed by atoms with Crippen molar-refractivity contribution in [3.05, 3.63) is 78.1 Å². The number of aromatic nitrogens is 3. The van der Waals surface area contributed by atoms with Crippen LogP contribution < -0.4 is 4.74 Å². The van der Waals surface area contributed by atoms with Gasteiger partial charge in [-0.2, -0.15) is 23.4 Å². The normalized spacial score (nSPS) is 12.3. The van der Waals surface area contributed by atoms with Crippen LogP contribution in [-0.4, -0.2) is 48.3 Å². The average Bonchev–Trinajstić information content (AvgIpc) is 3.23. The quantitative estimate of drug-likeness (QED) is 0.354. The lowest BCUT2D eigenvalue weighted by Crippen LogP contribution is -2.30. The molecule has 1 unspecified atom stereocenters. The van der Waals surface area contributed by atoms with E-state index in [0.717, 1.165) is 11.8 Å². The summed E-state index contributed by atoms with van der Waals surface area (Å²) >= 11 is 0. The van der Waals surface area contributed by atoms with E-state index in [4.69, 9.17) is 13.7 Å². The molecule has 3 rings (SSSR count). The zero-order chi connectivity index (χ0) is 21.4. The Bertz CT molecular complexity index is 1040. The van der Waals surface area contributed by atoms with Gasteiger partial charge in [0.1, 0.15) is 25.1 Å². The molecule has 0 aliphatic heterocycles. The maximum atomic E-state index is 12.2. The van der Waals surface area contributed by atoms with Gasteiger partial charge in [-0.05, 0) is 29.8 Å². The summed E-state index contributed by atoms with van der Waals surface area (Å²) in [4.78, 5) is 13.5. The van der Waals surface area contributed by atoms with Gasteiger partial charge in [0.05, 0.1) is 30.8 Å². The van der Waals surface area contributed by atoms with E-state index in [0.29, 0.717) is 11.3 Å². The molecule has 0 saturated carbocycles. The van der Waals surface area contributed by atoms with Gasteiger partial charge >= 0.3 is 5.97 Å². The number of benzene rings is 2. The van der Waals surface area contributed by atoms with Gasteiger partial charge in [-0.3, -0.25) is 4.18 Å². The highest BCUT2D eigenvalue weighted by atomic mass is 32.2. The molecule has 0 amide bonds. The predicted molar refractivity (Wildman–Crippen MR) is 107 cm³/mol. The minimum Gasteiger partial charge on any atom is -0.491 e. The van der Waals surface area contributed by atoms with Crippen LogP contribution in [0.3, 0.4) is 0 Å². The molecule has 3 aromatic rings. The Labute approximate surface area is 174 Å². The standard InChI is InChI=1S/C20H21N3O6S/c1-30(25,26)29-19(13-23-21-11-12-22-23)15-27-18-9-7-17(8-10-18)20(24)28-14-16-5-3-2-4-6-16/h2-12,19H,13-15H2,1H3. The van der Waals surface area contributed by atoms with Gasteiger partial charge < -0.3 is 9.47 Å². The molecule has 30 heavy (non-hydrogen) atoms. The first-order valence-corrected chi connectivity index (χ1v) is 10.9. The van der Waals surface area contributed by atoms with Crippen LogP contribution >= 0.6 is 0 Å². The first-order valence-electron chi connectivity index (χ1n) is 9.05. The second-order valence-corrected chi connectivity index (χ2v) is 8.00. The van der Waals surface area contributed by atoms with Gasteiger partial charge in [0.25, 0.3) is 10.1 Å². The van der Waals surface area contributed by atoms with Crippen molar-refractivity contribution >= 4 is 16.1 Å². The molecule has 2 aromatic carbocycles. The molecule has 1 aromatic heterocycles. The number of esters is 1. The van der Waals surface area contributed by atoms with E-state index < -0.39 is 22.2 Å². The number of rotatable bonds is 10. The fourth-order valence-corrected chi connectivity index (χ4v) is 3.17. The molecular weight excluding hydrogens is 410 g/mol. The van der Waals surface area contributed by atoms with Crippen LogP contribution in [0, 0.1) is 0 Å². The van der Waals surface area contributed by atoms with E-state index in [2.05, 4.69) is 10.2 Å². The van der Waals surface area contributed by atoms with Gasteiger partial charge in [-0.25, -0.2) is 4.79 Å². The Kier molecular flexibility index (Phi) is 7.15. The molecule has 1 atom stereocenters. The summed E-state index contributed by atoms with van der Waals surface area (Å²) in [5.74, 6) is -0.00131. The van der Waals surface area contributed by atoms with Crippen molar-refractivity contribution in [2.45, 2.75) is 19.3 Å². The van der Waals surface area contributed by atoms with Crippen molar-refractivity contribution in [2.24, 2.45) is 0 Å². The number of nitrogens with zero attached hydrogens (tertiary/aromatic N) is 3. The van der Waals surface area contributed by atoms with Gasteiger partial charge in [0.2, 0.25) is 0 Å². The molecule has 1 heterocycles. The first-order chi connectivity index (χ1) is 14.4. The van der Waals surface area contributed by atoms with Crippen LogP contribution in [0.25, 0.3) is 0 Å². The molecule has 0 fully saturated rings. The van der Waals surface area contributed by atoms with Gasteiger partial charge in [0.15, 0.2) is 0 Å². The largest absolute Gasteiger partial charge is 0.491 e. The van der Waals surface area contributed by atoms with Crippen molar-refractivity contribution < 1.29 is 26.9 Å².